The normalized spacial score (nSPS) is 28.4. The second-order valence-corrected chi connectivity index (χ2v) is 8.55. The highest BCUT2D eigenvalue weighted by molar-refractivity contribution is 8.00. The number of benzene rings is 1. The van der Waals surface area contributed by atoms with Crippen LogP contribution in [-0.2, 0) is 0 Å². The molecule has 2 atom stereocenters. The van der Waals surface area contributed by atoms with Crippen molar-refractivity contribution in [1.29, 1.82) is 0 Å². The molecule has 0 radical (unpaired) electrons. The van der Waals surface area contributed by atoms with Crippen LogP contribution >= 0.6 is 11.8 Å². The Labute approximate surface area is 145 Å². The smallest absolute Gasteiger partial charge is 0.0633 e. The van der Waals surface area contributed by atoms with Crippen LogP contribution in [-0.4, -0.2) is 16.0 Å². The zero-order valence-corrected chi connectivity index (χ0v) is 15.7. The van der Waals surface area contributed by atoms with Crippen molar-refractivity contribution in [3.63, 3.8) is 0 Å². The predicted octanol–water partition coefficient (Wildman–Crippen LogP) is 6.00. The van der Waals surface area contributed by atoms with E-state index in [1.54, 1.807) is 0 Å². The quantitative estimate of drug-likeness (QED) is 0.686. The number of rotatable bonds is 3. The molecule has 2 unspecified atom stereocenters. The van der Waals surface area contributed by atoms with E-state index in [1.165, 1.54) is 16.0 Å². The van der Waals surface area contributed by atoms with Crippen molar-refractivity contribution in [2.45, 2.75) is 69.1 Å². The van der Waals surface area contributed by atoms with Crippen molar-refractivity contribution in [1.82, 2.24) is 0 Å². The third-order valence-corrected chi connectivity index (χ3v) is 5.93. The van der Waals surface area contributed by atoms with Crippen LogP contribution in [0.15, 0.2) is 58.5 Å². The second-order valence-electron chi connectivity index (χ2n) is 7.30. The Morgan fingerprint density at radius 2 is 1.74 bits per heavy atom. The first-order chi connectivity index (χ1) is 10.9. The van der Waals surface area contributed by atoms with Gasteiger partial charge >= 0.3 is 0 Å². The minimum Gasteiger partial charge on any atom is -0.390 e. The van der Waals surface area contributed by atoms with Crippen LogP contribution in [0.2, 0.25) is 0 Å². The van der Waals surface area contributed by atoms with E-state index in [1.807, 2.05) is 25.6 Å². The lowest BCUT2D eigenvalue weighted by molar-refractivity contribution is 0.0168. The monoisotopic (exact) mass is 330 g/mol. The van der Waals surface area contributed by atoms with Crippen LogP contribution in [0.25, 0.3) is 0 Å². The van der Waals surface area contributed by atoms with Gasteiger partial charge in [0, 0.05) is 16.1 Å². The summed E-state index contributed by atoms with van der Waals surface area (Å²) in [5.41, 5.74) is 2.21. The number of hydrogen-bond donors (Lipinski definition) is 1. The van der Waals surface area contributed by atoms with Gasteiger partial charge in [-0.1, -0.05) is 41.5 Å². The summed E-state index contributed by atoms with van der Waals surface area (Å²) in [6.07, 6.45) is 9.11. The molecular formula is C21H30OS. The molecule has 1 nitrogen and oxygen atoms in total. The van der Waals surface area contributed by atoms with E-state index >= 15 is 0 Å². The number of aliphatic hydroxyl groups is 1. The van der Waals surface area contributed by atoms with E-state index in [0.717, 1.165) is 25.7 Å². The van der Waals surface area contributed by atoms with E-state index in [-0.39, 0.29) is 5.92 Å². The Morgan fingerprint density at radius 3 is 2.39 bits per heavy atom. The van der Waals surface area contributed by atoms with Crippen molar-refractivity contribution in [3.8, 4) is 0 Å². The average molecular weight is 331 g/mol. The Hall–Kier alpha value is -0.990. The topological polar surface area (TPSA) is 20.2 Å². The molecule has 1 aliphatic rings. The molecule has 0 spiro atoms. The summed E-state index contributed by atoms with van der Waals surface area (Å²) in [6, 6.07) is 10.6. The summed E-state index contributed by atoms with van der Waals surface area (Å²) in [7, 11) is 0. The largest absolute Gasteiger partial charge is 0.390 e. The lowest BCUT2D eigenvalue weighted by Crippen LogP contribution is -2.37. The van der Waals surface area contributed by atoms with E-state index in [4.69, 9.17) is 0 Å². The third-order valence-electron chi connectivity index (χ3n) is 4.65. The minimum absolute atomic E-state index is 0.240. The molecule has 2 heteroatoms. The predicted molar refractivity (Wildman–Crippen MR) is 102 cm³/mol. The lowest BCUT2D eigenvalue weighted by Gasteiger charge is -2.35. The van der Waals surface area contributed by atoms with Crippen molar-refractivity contribution in [2.75, 3.05) is 0 Å². The highest BCUT2D eigenvalue weighted by Crippen LogP contribution is 2.39. The molecule has 1 aromatic carbocycles. The van der Waals surface area contributed by atoms with Gasteiger partial charge in [-0.2, -0.15) is 0 Å². The van der Waals surface area contributed by atoms with E-state index < -0.39 is 5.60 Å². The fraction of sp³-hybridized carbons (Fsp3) is 0.524. The molecule has 0 heterocycles. The lowest BCUT2D eigenvalue weighted by atomic mass is 9.82. The van der Waals surface area contributed by atoms with Crippen molar-refractivity contribution >= 4 is 11.8 Å². The van der Waals surface area contributed by atoms with Gasteiger partial charge in [0.05, 0.1) is 5.60 Å². The summed E-state index contributed by atoms with van der Waals surface area (Å²) < 4.78 is 0. The Kier molecular flexibility index (Phi) is 6.55. The van der Waals surface area contributed by atoms with Crippen molar-refractivity contribution in [3.05, 3.63) is 53.6 Å². The fourth-order valence-electron chi connectivity index (χ4n) is 3.20. The van der Waals surface area contributed by atoms with Gasteiger partial charge < -0.3 is 5.11 Å². The molecule has 0 fully saturated rings. The Bertz CT molecular complexity index is 551. The summed E-state index contributed by atoms with van der Waals surface area (Å²) in [5.74, 6) is 0.240. The molecule has 1 aromatic rings. The number of allylic oxidation sites excluding steroid dienone is 3. The average Bonchev–Trinajstić information content (AvgIpc) is 2.46. The van der Waals surface area contributed by atoms with Gasteiger partial charge in [0.15, 0.2) is 0 Å². The van der Waals surface area contributed by atoms with Crippen molar-refractivity contribution < 1.29 is 5.11 Å². The molecule has 1 N–H and O–H groups in total. The zero-order valence-electron chi connectivity index (χ0n) is 14.9. The molecule has 0 bridgehead atoms. The van der Waals surface area contributed by atoms with Crippen molar-refractivity contribution in [2.24, 2.45) is 5.92 Å². The standard InChI is InChI=1S/C21H30OS/c1-16-9-8-10-17(2)15-20(19(14-13-16)21(3,4)22)23-18-11-6-5-7-12-18/h5-7,9,11-12,15,19-20,22H,8,10,13-14H2,1-4H3/b16-9+,17-15-. The maximum Gasteiger partial charge on any atom is 0.0633 e. The number of thioether (sulfide) groups is 1. The molecule has 23 heavy (non-hydrogen) atoms. The zero-order chi connectivity index (χ0) is 16.9. The molecule has 0 aliphatic heterocycles. The first-order valence-corrected chi connectivity index (χ1v) is 9.51. The maximum absolute atomic E-state index is 10.8. The first kappa shape index (κ1) is 18.4. The van der Waals surface area contributed by atoms with Gasteiger partial charge in [-0.15, -0.1) is 11.8 Å². The van der Waals surface area contributed by atoms with Crippen LogP contribution in [0, 0.1) is 5.92 Å². The highest BCUT2D eigenvalue weighted by atomic mass is 32.2. The van der Waals surface area contributed by atoms with Crippen LogP contribution in [0.4, 0.5) is 0 Å². The molecule has 0 saturated heterocycles. The van der Waals surface area contributed by atoms with Crippen LogP contribution in [0.5, 0.6) is 0 Å². The molecular weight excluding hydrogens is 300 g/mol. The van der Waals surface area contributed by atoms with Gasteiger partial charge in [-0.25, -0.2) is 0 Å². The van der Waals surface area contributed by atoms with Gasteiger partial charge in [0.1, 0.15) is 0 Å². The molecule has 2 rings (SSSR count). The second kappa shape index (κ2) is 8.21. The van der Waals surface area contributed by atoms with Crippen LogP contribution < -0.4 is 0 Å². The summed E-state index contributed by atoms with van der Waals surface area (Å²) in [6.45, 7) is 8.38. The summed E-state index contributed by atoms with van der Waals surface area (Å²) in [5, 5.41) is 11.1. The summed E-state index contributed by atoms with van der Waals surface area (Å²) >= 11 is 1.89. The number of hydrogen-bond acceptors (Lipinski definition) is 2. The minimum atomic E-state index is -0.678. The highest BCUT2D eigenvalue weighted by Gasteiger charge is 2.33. The third kappa shape index (κ3) is 5.86. The molecule has 1 aliphatic carbocycles. The van der Waals surface area contributed by atoms with Gasteiger partial charge in [-0.3, -0.25) is 0 Å². The molecule has 0 amide bonds. The van der Waals surface area contributed by atoms with E-state index in [9.17, 15) is 5.11 Å². The van der Waals surface area contributed by atoms with E-state index in [2.05, 4.69) is 56.3 Å². The van der Waals surface area contributed by atoms with Gasteiger partial charge in [0.2, 0.25) is 0 Å². The molecule has 0 aromatic heterocycles. The Morgan fingerprint density at radius 1 is 1.04 bits per heavy atom. The van der Waals surface area contributed by atoms with Crippen LogP contribution in [0.3, 0.4) is 0 Å². The van der Waals surface area contributed by atoms with E-state index in [0.29, 0.717) is 5.25 Å². The molecule has 0 saturated carbocycles. The Balaban J connectivity index is 2.31. The fourth-order valence-corrected chi connectivity index (χ4v) is 4.77. The first-order valence-electron chi connectivity index (χ1n) is 8.63. The molecule has 126 valence electrons. The SMILES string of the molecule is C/C1=C/C(Sc2ccccc2)C(C(C)(C)O)CC/C(C)=C/CC1. The maximum atomic E-state index is 10.8. The summed E-state index contributed by atoms with van der Waals surface area (Å²) in [4.78, 5) is 1.28. The van der Waals surface area contributed by atoms with Crippen LogP contribution in [0.1, 0.15) is 53.4 Å². The van der Waals surface area contributed by atoms with Gasteiger partial charge in [-0.05, 0) is 65.5 Å². The van der Waals surface area contributed by atoms with Gasteiger partial charge in [0.25, 0.3) is 0 Å².